The van der Waals surface area contributed by atoms with Crippen LogP contribution in [-0.4, -0.2) is 15.7 Å². The molecule has 2 heterocycles. The maximum Gasteiger partial charge on any atom is 0.250 e. The van der Waals surface area contributed by atoms with Gasteiger partial charge in [-0.2, -0.15) is 5.10 Å². The normalized spacial score (nSPS) is 13.5. The standard InChI is InChI=1S/C17H18FN3O/c1-2-17(22)20(15-8-6-13(18)7-9-15)12-14-11-16-5-3-4-10-21(16)19-14/h2,6-9,11H,1,3-5,10,12H2. The molecule has 0 radical (unpaired) electrons. The van der Waals surface area contributed by atoms with E-state index in [0.717, 1.165) is 25.1 Å². The van der Waals surface area contributed by atoms with Gasteiger partial charge in [0.2, 0.25) is 0 Å². The fraction of sp³-hybridized carbons (Fsp3) is 0.294. The van der Waals surface area contributed by atoms with Gasteiger partial charge in [-0.1, -0.05) is 6.58 Å². The SMILES string of the molecule is C=CC(=O)N(Cc1cc2n(n1)CCCC2)c1ccc(F)cc1. The van der Waals surface area contributed by atoms with Crippen molar-refractivity contribution in [3.8, 4) is 0 Å². The molecular formula is C17H18FN3O. The molecule has 0 bridgehead atoms. The van der Waals surface area contributed by atoms with Gasteiger partial charge in [0.15, 0.2) is 0 Å². The number of amides is 1. The number of aryl methyl sites for hydroxylation is 2. The van der Waals surface area contributed by atoms with Gasteiger partial charge in [0.1, 0.15) is 5.82 Å². The van der Waals surface area contributed by atoms with Crippen LogP contribution in [0.25, 0.3) is 0 Å². The third kappa shape index (κ3) is 2.93. The lowest BCUT2D eigenvalue weighted by molar-refractivity contribution is -0.114. The van der Waals surface area contributed by atoms with Gasteiger partial charge in [-0.05, 0) is 55.7 Å². The first-order valence-electron chi connectivity index (χ1n) is 7.42. The number of halogens is 1. The molecule has 0 spiro atoms. The van der Waals surface area contributed by atoms with Crippen LogP contribution in [0.5, 0.6) is 0 Å². The molecule has 4 nitrogen and oxygen atoms in total. The van der Waals surface area contributed by atoms with E-state index < -0.39 is 0 Å². The number of aromatic nitrogens is 2. The second-order valence-electron chi connectivity index (χ2n) is 5.41. The van der Waals surface area contributed by atoms with Crippen LogP contribution in [0.3, 0.4) is 0 Å². The highest BCUT2D eigenvalue weighted by Crippen LogP contribution is 2.20. The Morgan fingerprint density at radius 1 is 1.36 bits per heavy atom. The predicted octanol–water partition coefficient (Wildman–Crippen LogP) is 3.08. The first-order chi connectivity index (χ1) is 10.7. The Balaban J connectivity index is 1.86. The topological polar surface area (TPSA) is 38.1 Å². The molecule has 0 atom stereocenters. The zero-order valence-corrected chi connectivity index (χ0v) is 12.3. The Hall–Kier alpha value is -2.43. The van der Waals surface area contributed by atoms with Gasteiger partial charge in [-0.3, -0.25) is 9.48 Å². The molecule has 3 rings (SSSR count). The van der Waals surface area contributed by atoms with Crippen LogP contribution in [0, 0.1) is 5.82 Å². The lowest BCUT2D eigenvalue weighted by atomic mass is 10.1. The van der Waals surface area contributed by atoms with E-state index >= 15 is 0 Å². The first kappa shape index (κ1) is 14.5. The first-order valence-corrected chi connectivity index (χ1v) is 7.42. The van der Waals surface area contributed by atoms with E-state index in [-0.39, 0.29) is 11.7 Å². The van der Waals surface area contributed by atoms with E-state index in [1.807, 2.05) is 10.7 Å². The van der Waals surface area contributed by atoms with Gasteiger partial charge < -0.3 is 4.90 Å². The number of anilines is 1. The Morgan fingerprint density at radius 3 is 2.82 bits per heavy atom. The van der Waals surface area contributed by atoms with E-state index in [1.54, 1.807) is 17.0 Å². The molecule has 2 aromatic rings. The summed E-state index contributed by atoms with van der Waals surface area (Å²) in [5, 5.41) is 4.56. The molecule has 0 unspecified atom stereocenters. The number of carbonyl (C=O) groups excluding carboxylic acids is 1. The van der Waals surface area contributed by atoms with Crippen molar-refractivity contribution in [2.75, 3.05) is 4.90 Å². The van der Waals surface area contributed by atoms with Crippen LogP contribution >= 0.6 is 0 Å². The monoisotopic (exact) mass is 299 g/mol. The number of hydrogen-bond donors (Lipinski definition) is 0. The van der Waals surface area contributed by atoms with E-state index in [1.165, 1.54) is 30.3 Å². The quantitative estimate of drug-likeness (QED) is 0.814. The number of fused-ring (bicyclic) bond motifs is 1. The third-order valence-corrected chi connectivity index (χ3v) is 3.87. The van der Waals surface area contributed by atoms with Gasteiger partial charge in [-0.15, -0.1) is 0 Å². The minimum atomic E-state index is -0.327. The van der Waals surface area contributed by atoms with E-state index in [9.17, 15) is 9.18 Å². The van der Waals surface area contributed by atoms with Gasteiger partial charge in [0.05, 0.1) is 12.2 Å². The van der Waals surface area contributed by atoms with Crippen molar-refractivity contribution in [1.29, 1.82) is 0 Å². The molecule has 0 N–H and O–H groups in total. The molecule has 1 amide bonds. The molecular weight excluding hydrogens is 281 g/mol. The maximum absolute atomic E-state index is 13.1. The van der Waals surface area contributed by atoms with Crippen molar-refractivity contribution in [2.24, 2.45) is 0 Å². The lowest BCUT2D eigenvalue weighted by Crippen LogP contribution is -2.28. The van der Waals surface area contributed by atoms with Gasteiger partial charge in [-0.25, -0.2) is 4.39 Å². The molecule has 1 aromatic carbocycles. The Morgan fingerprint density at radius 2 is 2.14 bits per heavy atom. The highest BCUT2D eigenvalue weighted by Gasteiger charge is 2.18. The average molecular weight is 299 g/mol. The zero-order valence-electron chi connectivity index (χ0n) is 12.3. The minimum Gasteiger partial charge on any atom is -0.303 e. The summed E-state index contributed by atoms with van der Waals surface area (Å²) in [6, 6.07) is 7.92. The summed E-state index contributed by atoms with van der Waals surface area (Å²) in [5.74, 6) is -0.551. The maximum atomic E-state index is 13.1. The number of benzene rings is 1. The molecule has 0 saturated carbocycles. The van der Waals surface area contributed by atoms with Gasteiger partial charge in [0.25, 0.3) is 5.91 Å². The van der Waals surface area contributed by atoms with Crippen molar-refractivity contribution in [2.45, 2.75) is 32.4 Å². The van der Waals surface area contributed by atoms with Crippen LogP contribution in [0.2, 0.25) is 0 Å². The van der Waals surface area contributed by atoms with E-state index in [4.69, 9.17) is 0 Å². The average Bonchev–Trinajstić information content (AvgIpc) is 2.95. The summed E-state index contributed by atoms with van der Waals surface area (Å²) >= 11 is 0. The number of hydrogen-bond acceptors (Lipinski definition) is 2. The van der Waals surface area contributed by atoms with Crippen molar-refractivity contribution in [1.82, 2.24) is 9.78 Å². The molecule has 114 valence electrons. The van der Waals surface area contributed by atoms with Crippen LogP contribution < -0.4 is 4.90 Å². The number of rotatable bonds is 4. The summed E-state index contributed by atoms with van der Waals surface area (Å²) < 4.78 is 15.1. The second-order valence-corrected chi connectivity index (χ2v) is 5.41. The lowest BCUT2D eigenvalue weighted by Gasteiger charge is -2.20. The highest BCUT2D eigenvalue weighted by atomic mass is 19.1. The van der Waals surface area contributed by atoms with Crippen LogP contribution in [0.15, 0.2) is 43.0 Å². The molecule has 22 heavy (non-hydrogen) atoms. The molecule has 0 aliphatic carbocycles. The molecule has 1 aromatic heterocycles. The van der Waals surface area contributed by atoms with Gasteiger partial charge >= 0.3 is 0 Å². The second kappa shape index (κ2) is 6.13. The highest BCUT2D eigenvalue weighted by molar-refractivity contribution is 6.00. The molecule has 5 heteroatoms. The molecule has 0 fully saturated rings. The summed E-state index contributed by atoms with van der Waals surface area (Å²) in [6.07, 6.45) is 4.61. The van der Waals surface area contributed by atoms with E-state index in [0.29, 0.717) is 12.2 Å². The fourth-order valence-electron chi connectivity index (χ4n) is 2.74. The Labute approximate surface area is 128 Å². The zero-order chi connectivity index (χ0) is 15.5. The molecule has 1 aliphatic rings. The van der Waals surface area contributed by atoms with Gasteiger partial charge in [0, 0.05) is 17.9 Å². The molecule has 1 aliphatic heterocycles. The fourth-order valence-corrected chi connectivity index (χ4v) is 2.74. The largest absolute Gasteiger partial charge is 0.303 e. The summed E-state index contributed by atoms with van der Waals surface area (Å²) in [5.41, 5.74) is 2.69. The van der Waals surface area contributed by atoms with Crippen LogP contribution in [-0.2, 0) is 24.3 Å². The van der Waals surface area contributed by atoms with E-state index in [2.05, 4.69) is 11.7 Å². The van der Waals surface area contributed by atoms with Crippen LogP contribution in [0.4, 0.5) is 10.1 Å². The van der Waals surface area contributed by atoms with Crippen molar-refractivity contribution in [3.05, 3.63) is 60.2 Å². The minimum absolute atomic E-state index is 0.224. The number of carbonyl (C=O) groups is 1. The Kier molecular flexibility index (Phi) is 4.04. The van der Waals surface area contributed by atoms with Crippen molar-refractivity contribution in [3.63, 3.8) is 0 Å². The van der Waals surface area contributed by atoms with Crippen molar-refractivity contribution < 1.29 is 9.18 Å². The van der Waals surface area contributed by atoms with Crippen LogP contribution in [0.1, 0.15) is 24.2 Å². The molecule has 0 saturated heterocycles. The smallest absolute Gasteiger partial charge is 0.250 e. The van der Waals surface area contributed by atoms with Crippen molar-refractivity contribution >= 4 is 11.6 Å². The number of nitrogens with zero attached hydrogens (tertiary/aromatic N) is 3. The summed E-state index contributed by atoms with van der Waals surface area (Å²) in [7, 11) is 0. The summed E-state index contributed by atoms with van der Waals surface area (Å²) in [4.78, 5) is 13.7. The Bertz CT molecular complexity index is 667. The third-order valence-electron chi connectivity index (χ3n) is 3.87. The summed E-state index contributed by atoms with van der Waals surface area (Å²) in [6.45, 7) is 4.83. The predicted molar refractivity (Wildman–Crippen MR) is 83.0 cm³/mol.